The minimum absolute atomic E-state index is 0.240. The maximum Gasteiger partial charge on any atom is 0.337 e. The van der Waals surface area contributed by atoms with Crippen LogP contribution in [0.3, 0.4) is 0 Å². The third-order valence-electron chi connectivity index (χ3n) is 5.51. The average Bonchev–Trinajstić information content (AvgIpc) is 3.42. The van der Waals surface area contributed by atoms with E-state index in [-0.39, 0.29) is 12.1 Å². The predicted molar refractivity (Wildman–Crippen MR) is 134 cm³/mol. The topological polar surface area (TPSA) is 120 Å². The molecular weight excluding hydrogens is 460 g/mol. The fourth-order valence-corrected chi connectivity index (χ4v) is 3.72. The largest absolute Gasteiger partial charge is 0.465 e. The first-order chi connectivity index (χ1) is 17.5. The summed E-state index contributed by atoms with van der Waals surface area (Å²) in [6.45, 7) is 1.16. The van der Waals surface area contributed by atoms with Gasteiger partial charge in [-0.3, -0.25) is 23.5 Å². The lowest BCUT2D eigenvalue weighted by Crippen LogP contribution is -2.24. The molecule has 0 atom stereocenters. The Hall–Kier alpha value is -4.70. The molecule has 0 unspecified atom stereocenters. The van der Waals surface area contributed by atoms with Gasteiger partial charge in [0.05, 0.1) is 30.1 Å². The van der Waals surface area contributed by atoms with Crippen LogP contribution in [0.15, 0.2) is 78.1 Å². The van der Waals surface area contributed by atoms with Gasteiger partial charge in [0, 0.05) is 24.5 Å². The predicted octanol–water partition coefficient (Wildman–Crippen LogP) is 2.49. The second-order valence-electron chi connectivity index (χ2n) is 7.86. The van der Waals surface area contributed by atoms with Crippen molar-refractivity contribution in [2.45, 2.75) is 13.1 Å². The van der Waals surface area contributed by atoms with Crippen molar-refractivity contribution in [2.24, 2.45) is 0 Å². The molecule has 0 aliphatic heterocycles. The Labute approximate surface area is 206 Å². The molecule has 36 heavy (non-hydrogen) atoms. The number of ether oxygens (including phenoxy) is 1. The number of carbonyl (C=O) groups is 2. The smallest absolute Gasteiger partial charge is 0.337 e. The molecule has 3 aromatic heterocycles. The molecule has 0 fully saturated rings. The number of esters is 1. The molecule has 0 aliphatic rings. The summed E-state index contributed by atoms with van der Waals surface area (Å²) in [5.41, 5.74) is 3.28. The van der Waals surface area contributed by atoms with E-state index in [2.05, 4.69) is 25.2 Å². The van der Waals surface area contributed by atoms with E-state index in [4.69, 9.17) is 0 Å². The van der Waals surface area contributed by atoms with Crippen molar-refractivity contribution < 1.29 is 14.3 Å². The molecule has 0 saturated heterocycles. The number of aromatic nitrogens is 5. The quantitative estimate of drug-likeness (QED) is 0.288. The number of aldehydes is 1. The highest BCUT2D eigenvalue weighted by Gasteiger charge is 2.14. The number of nitrogens with zero attached hydrogens (tertiary/aromatic N) is 5. The number of methoxy groups -OCH3 is 1. The van der Waals surface area contributed by atoms with Gasteiger partial charge in [0.2, 0.25) is 5.78 Å². The molecule has 0 radical (unpaired) electrons. The highest BCUT2D eigenvalue weighted by molar-refractivity contribution is 5.89. The van der Waals surface area contributed by atoms with Gasteiger partial charge < -0.3 is 10.1 Å². The van der Waals surface area contributed by atoms with Crippen molar-refractivity contribution in [2.75, 3.05) is 14.2 Å². The molecule has 182 valence electrons. The zero-order valence-electron chi connectivity index (χ0n) is 19.8. The molecule has 3 heterocycles. The molecule has 0 amide bonds. The first kappa shape index (κ1) is 24.4. The van der Waals surface area contributed by atoms with Crippen molar-refractivity contribution in [1.29, 1.82) is 0 Å². The third kappa shape index (κ3) is 5.18. The van der Waals surface area contributed by atoms with Gasteiger partial charge in [0.25, 0.3) is 5.56 Å². The maximum atomic E-state index is 13.0. The van der Waals surface area contributed by atoms with Crippen LogP contribution in [-0.4, -0.2) is 50.6 Å². The molecule has 5 aromatic rings. The zero-order valence-corrected chi connectivity index (χ0v) is 19.8. The molecule has 0 spiro atoms. The summed E-state index contributed by atoms with van der Waals surface area (Å²) in [7, 11) is 3.25. The number of pyridine rings is 1. The number of hydrogen-bond acceptors (Lipinski definition) is 8. The van der Waals surface area contributed by atoms with Crippen LogP contribution in [0.5, 0.6) is 0 Å². The van der Waals surface area contributed by atoms with Gasteiger partial charge in [-0.05, 0) is 60.6 Å². The summed E-state index contributed by atoms with van der Waals surface area (Å²) in [5, 5.41) is 11.4. The van der Waals surface area contributed by atoms with Crippen LogP contribution in [0.1, 0.15) is 31.8 Å². The molecular formula is C26H24N6O4. The number of fused-ring (bicyclic) bond motifs is 3. The van der Waals surface area contributed by atoms with Crippen LogP contribution in [0, 0.1) is 0 Å². The Morgan fingerprint density at radius 2 is 1.81 bits per heavy atom. The second kappa shape index (κ2) is 11.2. The number of nitrogens with one attached hydrogen (secondary N) is 1. The zero-order chi connectivity index (χ0) is 25.5. The summed E-state index contributed by atoms with van der Waals surface area (Å²) in [6.07, 6.45) is 5.82. The van der Waals surface area contributed by atoms with E-state index in [1.165, 1.54) is 23.6 Å². The van der Waals surface area contributed by atoms with Crippen LogP contribution in [0.2, 0.25) is 0 Å². The molecule has 0 bridgehead atoms. The Kier molecular flexibility index (Phi) is 7.57. The lowest BCUT2D eigenvalue weighted by Gasteiger charge is -2.11. The van der Waals surface area contributed by atoms with Gasteiger partial charge in [-0.1, -0.05) is 12.1 Å². The Morgan fingerprint density at radius 1 is 1.06 bits per heavy atom. The summed E-state index contributed by atoms with van der Waals surface area (Å²) in [4.78, 5) is 39.6. The fourth-order valence-electron chi connectivity index (χ4n) is 3.72. The highest BCUT2D eigenvalue weighted by Crippen LogP contribution is 2.15. The number of benzene rings is 2. The van der Waals surface area contributed by atoms with Crippen molar-refractivity contribution >= 4 is 28.9 Å². The monoisotopic (exact) mass is 484 g/mol. The normalized spacial score (nSPS) is 10.6. The van der Waals surface area contributed by atoms with Crippen LogP contribution in [0.4, 0.5) is 0 Å². The van der Waals surface area contributed by atoms with Crippen LogP contribution < -0.4 is 10.9 Å². The molecule has 5 rings (SSSR count). The lowest BCUT2D eigenvalue weighted by atomic mass is 10.1. The van der Waals surface area contributed by atoms with Crippen LogP contribution in [-0.2, 0) is 17.8 Å². The Morgan fingerprint density at radius 3 is 2.47 bits per heavy atom. The summed E-state index contributed by atoms with van der Waals surface area (Å²) in [5.74, 6) is -0.0333. The number of hydrogen-bond donors (Lipinski definition) is 1. The Bertz CT molecular complexity index is 1560. The summed E-state index contributed by atoms with van der Waals surface area (Å²) < 4.78 is 7.87. The maximum absolute atomic E-state index is 13.0. The van der Waals surface area contributed by atoms with Gasteiger partial charge in [0.15, 0.2) is 0 Å². The van der Waals surface area contributed by atoms with E-state index in [9.17, 15) is 14.4 Å². The standard InChI is InChI=1S/C19H14N4O4.C7H10N2/c1-27-18(26)14-5-2-12(3-6-14)9-22-17(25)15-8-13(10-24)4-7-16(15)23-11-20-21-19(22)23;1-8-6-7-2-4-9-5-3-7/h2-8,10-11H,9H2,1H3;2-5,8H,6H2,1H3. The number of rotatable bonds is 6. The van der Waals surface area contributed by atoms with Gasteiger partial charge in [-0.2, -0.15) is 0 Å². The van der Waals surface area contributed by atoms with E-state index in [1.54, 1.807) is 59.3 Å². The van der Waals surface area contributed by atoms with Crippen LogP contribution >= 0.6 is 0 Å². The van der Waals surface area contributed by atoms with E-state index in [0.29, 0.717) is 34.1 Å². The van der Waals surface area contributed by atoms with Crippen molar-refractivity contribution in [3.63, 3.8) is 0 Å². The second-order valence-corrected chi connectivity index (χ2v) is 7.86. The first-order valence-electron chi connectivity index (χ1n) is 11.1. The van der Waals surface area contributed by atoms with E-state index >= 15 is 0 Å². The summed E-state index contributed by atoms with van der Waals surface area (Å²) >= 11 is 0. The van der Waals surface area contributed by atoms with Crippen LogP contribution in [0.25, 0.3) is 16.7 Å². The van der Waals surface area contributed by atoms with Crippen molar-refractivity contribution in [3.05, 3.63) is 106 Å². The SMILES string of the molecule is CNCc1ccncc1.COC(=O)c1ccc(Cn2c(=O)c3cc(C=O)ccc3n3cnnc23)cc1. The van der Waals surface area contributed by atoms with Gasteiger partial charge in [0.1, 0.15) is 12.6 Å². The van der Waals surface area contributed by atoms with E-state index in [0.717, 1.165) is 12.1 Å². The minimum atomic E-state index is -0.425. The molecule has 0 saturated carbocycles. The third-order valence-corrected chi connectivity index (χ3v) is 5.51. The van der Waals surface area contributed by atoms with Gasteiger partial charge >= 0.3 is 5.97 Å². The van der Waals surface area contributed by atoms with Crippen molar-refractivity contribution in [3.8, 4) is 0 Å². The molecule has 0 aliphatic carbocycles. The molecule has 2 aromatic carbocycles. The number of carbonyl (C=O) groups excluding carboxylic acids is 2. The average molecular weight is 485 g/mol. The summed E-state index contributed by atoms with van der Waals surface area (Å²) in [6, 6.07) is 15.7. The van der Waals surface area contributed by atoms with Gasteiger partial charge in [-0.25, -0.2) is 4.79 Å². The lowest BCUT2D eigenvalue weighted by molar-refractivity contribution is 0.0600. The van der Waals surface area contributed by atoms with E-state index in [1.807, 2.05) is 19.2 Å². The minimum Gasteiger partial charge on any atom is -0.465 e. The highest BCUT2D eigenvalue weighted by atomic mass is 16.5. The van der Waals surface area contributed by atoms with E-state index < -0.39 is 5.97 Å². The van der Waals surface area contributed by atoms with Gasteiger partial charge in [-0.15, -0.1) is 10.2 Å². The molecule has 10 nitrogen and oxygen atoms in total. The molecule has 10 heteroatoms. The molecule has 1 N–H and O–H groups in total. The van der Waals surface area contributed by atoms with Crippen molar-refractivity contribution in [1.82, 2.24) is 29.5 Å². The first-order valence-corrected chi connectivity index (χ1v) is 11.1. The fraction of sp³-hybridized carbons (Fsp3) is 0.154. The Balaban J connectivity index is 0.000000286.